The number of urea groups is 1. The number of rotatable bonds is 5. The molecule has 0 aliphatic carbocycles. The van der Waals surface area contributed by atoms with Gasteiger partial charge in [-0.25, -0.2) is 4.79 Å². The molecular formula is C13H20N2O4. The second kappa shape index (κ2) is 6.58. The van der Waals surface area contributed by atoms with Crippen molar-refractivity contribution in [3.05, 3.63) is 24.2 Å². The number of carbonyl (C=O) groups is 1. The summed E-state index contributed by atoms with van der Waals surface area (Å²) in [6.07, 6.45) is 2.74. The van der Waals surface area contributed by atoms with Crippen LogP contribution in [0.25, 0.3) is 0 Å². The fraction of sp³-hybridized carbons (Fsp3) is 0.615. The molecule has 3 N–H and O–H groups in total. The number of hydrogen-bond acceptors (Lipinski definition) is 4. The number of aliphatic hydroxyl groups is 1. The van der Waals surface area contributed by atoms with Crippen molar-refractivity contribution in [1.29, 1.82) is 0 Å². The third-order valence-corrected chi connectivity index (χ3v) is 3.21. The lowest BCUT2D eigenvalue weighted by Crippen LogP contribution is -2.46. The molecule has 2 heterocycles. The van der Waals surface area contributed by atoms with Crippen molar-refractivity contribution < 1.29 is 19.1 Å². The molecule has 1 aliphatic heterocycles. The van der Waals surface area contributed by atoms with Crippen molar-refractivity contribution in [3.63, 3.8) is 0 Å². The van der Waals surface area contributed by atoms with Gasteiger partial charge in [-0.15, -0.1) is 0 Å². The summed E-state index contributed by atoms with van der Waals surface area (Å²) < 4.78 is 10.5. The SMILES string of the molecule is CC(NC(=O)NCC(O)c1ccco1)C1CCCO1. The lowest BCUT2D eigenvalue weighted by Gasteiger charge is -2.20. The molecule has 6 heteroatoms. The third kappa shape index (κ3) is 3.97. The van der Waals surface area contributed by atoms with Crippen molar-refractivity contribution in [2.24, 2.45) is 0 Å². The van der Waals surface area contributed by atoms with Gasteiger partial charge in [0.2, 0.25) is 0 Å². The molecule has 106 valence electrons. The Morgan fingerprint density at radius 3 is 3.11 bits per heavy atom. The average molecular weight is 268 g/mol. The first-order valence-corrected chi connectivity index (χ1v) is 6.54. The predicted octanol–water partition coefficient (Wildman–Crippen LogP) is 1.18. The fourth-order valence-electron chi connectivity index (χ4n) is 2.12. The molecule has 6 nitrogen and oxygen atoms in total. The summed E-state index contributed by atoms with van der Waals surface area (Å²) in [5.41, 5.74) is 0. The van der Waals surface area contributed by atoms with Gasteiger partial charge in [-0.05, 0) is 31.9 Å². The van der Waals surface area contributed by atoms with Crippen LogP contribution in [0.1, 0.15) is 31.6 Å². The minimum atomic E-state index is -0.834. The summed E-state index contributed by atoms with van der Waals surface area (Å²) in [6, 6.07) is 3.01. The highest BCUT2D eigenvalue weighted by molar-refractivity contribution is 5.74. The summed E-state index contributed by atoms with van der Waals surface area (Å²) in [7, 11) is 0. The van der Waals surface area contributed by atoms with E-state index in [1.807, 2.05) is 6.92 Å². The van der Waals surface area contributed by atoms with Crippen LogP contribution in [0.15, 0.2) is 22.8 Å². The number of carbonyl (C=O) groups excluding carboxylic acids is 1. The van der Waals surface area contributed by atoms with Crippen molar-refractivity contribution in [1.82, 2.24) is 10.6 Å². The first-order chi connectivity index (χ1) is 9.16. The monoisotopic (exact) mass is 268 g/mol. The van der Waals surface area contributed by atoms with Gasteiger partial charge in [-0.3, -0.25) is 0 Å². The number of ether oxygens (including phenoxy) is 1. The molecule has 0 radical (unpaired) electrons. The molecule has 1 aromatic heterocycles. The minimum Gasteiger partial charge on any atom is -0.467 e. The molecular weight excluding hydrogens is 248 g/mol. The van der Waals surface area contributed by atoms with Crippen LogP contribution in [0, 0.1) is 0 Å². The highest BCUT2D eigenvalue weighted by Crippen LogP contribution is 2.15. The molecule has 0 spiro atoms. The van der Waals surface area contributed by atoms with Crippen LogP contribution >= 0.6 is 0 Å². The van der Waals surface area contributed by atoms with Crippen LogP contribution in [-0.2, 0) is 4.74 Å². The molecule has 2 amide bonds. The Morgan fingerprint density at radius 1 is 1.63 bits per heavy atom. The molecule has 0 aromatic carbocycles. The van der Waals surface area contributed by atoms with E-state index in [4.69, 9.17) is 9.15 Å². The van der Waals surface area contributed by atoms with Gasteiger partial charge in [0.1, 0.15) is 11.9 Å². The maximum absolute atomic E-state index is 11.7. The second-order valence-corrected chi connectivity index (χ2v) is 4.73. The first kappa shape index (κ1) is 13.9. The van der Waals surface area contributed by atoms with Gasteiger partial charge >= 0.3 is 6.03 Å². The zero-order chi connectivity index (χ0) is 13.7. The summed E-state index contributed by atoms with van der Waals surface area (Å²) in [4.78, 5) is 11.7. The van der Waals surface area contributed by atoms with Gasteiger partial charge in [-0.1, -0.05) is 0 Å². The predicted molar refractivity (Wildman–Crippen MR) is 68.6 cm³/mol. The van der Waals surface area contributed by atoms with E-state index in [9.17, 15) is 9.90 Å². The van der Waals surface area contributed by atoms with Gasteiger partial charge in [0, 0.05) is 6.61 Å². The van der Waals surface area contributed by atoms with Crippen LogP contribution in [0.4, 0.5) is 4.79 Å². The maximum atomic E-state index is 11.7. The van der Waals surface area contributed by atoms with Crippen LogP contribution in [0.3, 0.4) is 0 Å². The molecule has 0 saturated carbocycles. The summed E-state index contributed by atoms with van der Waals surface area (Å²) >= 11 is 0. The van der Waals surface area contributed by atoms with Crippen LogP contribution < -0.4 is 10.6 Å². The Bertz CT molecular complexity index is 387. The van der Waals surface area contributed by atoms with E-state index in [2.05, 4.69) is 10.6 Å². The Morgan fingerprint density at radius 2 is 2.47 bits per heavy atom. The molecule has 1 saturated heterocycles. The topological polar surface area (TPSA) is 83.7 Å². The summed E-state index contributed by atoms with van der Waals surface area (Å²) in [5, 5.41) is 15.2. The van der Waals surface area contributed by atoms with E-state index in [1.54, 1.807) is 12.1 Å². The zero-order valence-corrected chi connectivity index (χ0v) is 11.0. The lowest BCUT2D eigenvalue weighted by atomic mass is 10.1. The molecule has 3 atom stereocenters. The van der Waals surface area contributed by atoms with Gasteiger partial charge in [0.25, 0.3) is 0 Å². The largest absolute Gasteiger partial charge is 0.467 e. The number of amides is 2. The molecule has 1 fully saturated rings. The van der Waals surface area contributed by atoms with Crippen molar-refractivity contribution in [2.45, 2.75) is 38.0 Å². The maximum Gasteiger partial charge on any atom is 0.315 e. The Kier molecular flexibility index (Phi) is 4.81. The highest BCUT2D eigenvalue weighted by Gasteiger charge is 2.23. The van der Waals surface area contributed by atoms with Gasteiger partial charge in [0.05, 0.1) is 25.0 Å². The van der Waals surface area contributed by atoms with Crippen molar-refractivity contribution in [3.8, 4) is 0 Å². The van der Waals surface area contributed by atoms with Crippen LogP contribution in [0.5, 0.6) is 0 Å². The third-order valence-electron chi connectivity index (χ3n) is 3.21. The van der Waals surface area contributed by atoms with E-state index < -0.39 is 6.10 Å². The average Bonchev–Trinajstić information content (AvgIpc) is 3.07. The molecule has 19 heavy (non-hydrogen) atoms. The molecule has 0 bridgehead atoms. The van der Waals surface area contributed by atoms with E-state index >= 15 is 0 Å². The van der Waals surface area contributed by atoms with E-state index in [1.165, 1.54) is 6.26 Å². The van der Waals surface area contributed by atoms with Crippen molar-refractivity contribution >= 4 is 6.03 Å². The Hall–Kier alpha value is -1.53. The van der Waals surface area contributed by atoms with Gasteiger partial charge in [0.15, 0.2) is 0 Å². The van der Waals surface area contributed by atoms with E-state index in [-0.39, 0.29) is 24.7 Å². The fourth-order valence-corrected chi connectivity index (χ4v) is 2.12. The van der Waals surface area contributed by atoms with E-state index in [0.717, 1.165) is 19.4 Å². The molecule has 3 unspecified atom stereocenters. The quantitative estimate of drug-likeness (QED) is 0.748. The lowest BCUT2D eigenvalue weighted by molar-refractivity contribution is 0.0855. The standard InChI is InChI=1S/C13H20N2O4/c1-9(11-4-2-6-18-11)15-13(17)14-8-10(16)12-5-3-7-19-12/h3,5,7,9-11,16H,2,4,6,8H2,1H3,(H2,14,15,17). The number of aliphatic hydroxyl groups excluding tert-OH is 1. The number of nitrogens with one attached hydrogen (secondary N) is 2. The highest BCUT2D eigenvalue weighted by atomic mass is 16.5. The smallest absolute Gasteiger partial charge is 0.315 e. The summed E-state index contributed by atoms with van der Waals surface area (Å²) in [6.45, 7) is 2.78. The van der Waals surface area contributed by atoms with Gasteiger partial charge in [-0.2, -0.15) is 0 Å². The van der Waals surface area contributed by atoms with Gasteiger partial charge < -0.3 is 24.9 Å². The molecule has 1 aromatic rings. The molecule has 2 rings (SSSR count). The van der Waals surface area contributed by atoms with Crippen molar-refractivity contribution in [2.75, 3.05) is 13.2 Å². The Balaban J connectivity index is 1.69. The number of furan rings is 1. The summed E-state index contributed by atoms with van der Waals surface area (Å²) in [5.74, 6) is 0.437. The Labute approximate surface area is 112 Å². The van der Waals surface area contributed by atoms with Crippen LogP contribution in [0.2, 0.25) is 0 Å². The first-order valence-electron chi connectivity index (χ1n) is 6.54. The van der Waals surface area contributed by atoms with E-state index in [0.29, 0.717) is 5.76 Å². The van der Waals surface area contributed by atoms with Crippen LogP contribution in [-0.4, -0.2) is 36.4 Å². The normalized spacial score (nSPS) is 21.9. The molecule has 1 aliphatic rings. The zero-order valence-electron chi connectivity index (χ0n) is 11.0. The second-order valence-electron chi connectivity index (χ2n) is 4.73. The number of hydrogen-bond donors (Lipinski definition) is 3. The minimum absolute atomic E-state index is 0.0387.